The molecule has 2 heterocycles. The summed E-state index contributed by atoms with van der Waals surface area (Å²) in [6, 6.07) is 28.1. The molecule has 1 atom stereocenters. The summed E-state index contributed by atoms with van der Waals surface area (Å²) in [6.45, 7) is 5.04. The molecule has 0 radical (unpaired) electrons. The number of carbonyl (C=O) groups excluding carboxylic acids is 1. The Hall–Kier alpha value is -4.69. The SMILES string of the molecule is COc1ccc(C2=NN(C(=O)CSc3cn(Cc4cc(C)ccc4C)c4ccccc34)[C@H](c3cccc(OC)c3OC)C2)cc1. The van der Waals surface area contributed by atoms with Crippen molar-refractivity contribution >= 4 is 34.3 Å². The van der Waals surface area contributed by atoms with E-state index in [-0.39, 0.29) is 17.7 Å². The molecule has 7 nitrogen and oxygen atoms in total. The number of benzene rings is 4. The Morgan fingerprint density at radius 1 is 0.911 bits per heavy atom. The Morgan fingerprint density at radius 3 is 2.47 bits per heavy atom. The molecule has 6 rings (SSSR count). The van der Waals surface area contributed by atoms with Crippen LogP contribution in [0.4, 0.5) is 0 Å². The van der Waals surface area contributed by atoms with Crippen molar-refractivity contribution in [1.29, 1.82) is 0 Å². The van der Waals surface area contributed by atoms with E-state index in [4.69, 9.17) is 19.3 Å². The molecular weight excluding hydrogens is 582 g/mol. The van der Waals surface area contributed by atoms with Crippen molar-refractivity contribution in [2.45, 2.75) is 37.8 Å². The van der Waals surface area contributed by atoms with Gasteiger partial charge in [0.15, 0.2) is 11.5 Å². The van der Waals surface area contributed by atoms with E-state index in [9.17, 15) is 4.79 Å². The van der Waals surface area contributed by atoms with Crippen LogP contribution in [0.5, 0.6) is 17.2 Å². The summed E-state index contributed by atoms with van der Waals surface area (Å²) in [7, 11) is 4.88. The normalized spacial score (nSPS) is 14.5. The third kappa shape index (κ3) is 6.15. The lowest BCUT2D eigenvalue weighted by molar-refractivity contribution is -0.130. The minimum atomic E-state index is -0.342. The first kappa shape index (κ1) is 30.3. The zero-order valence-corrected chi connectivity index (χ0v) is 27.1. The summed E-state index contributed by atoms with van der Waals surface area (Å²) in [6.07, 6.45) is 2.71. The first-order valence-corrected chi connectivity index (χ1v) is 15.9. The molecule has 5 aromatic rings. The monoisotopic (exact) mass is 619 g/mol. The lowest BCUT2D eigenvalue weighted by Gasteiger charge is -2.24. The highest BCUT2D eigenvalue weighted by molar-refractivity contribution is 8.00. The Balaban J connectivity index is 1.30. The fourth-order valence-corrected chi connectivity index (χ4v) is 6.87. The second kappa shape index (κ2) is 13.1. The van der Waals surface area contributed by atoms with Crippen LogP contribution in [0.25, 0.3) is 10.9 Å². The molecule has 0 N–H and O–H groups in total. The van der Waals surface area contributed by atoms with E-state index < -0.39 is 0 Å². The highest BCUT2D eigenvalue weighted by Gasteiger charge is 2.35. The van der Waals surface area contributed by atoms with Gasteiger partial charge < -0.3 is 18.8 Å². The van der Waals surface area contributed by atoms with Gasteiger partial charge in [-0.2, -0.15) is 5.10 Å². The number of methoxy groups -OCH3 is 3. The molecule has 0 saturated carbocycles. The van der Waals surface area contributed by atoms with Gasteiger partial charge in [0, 0.05) is 40.5 Å². The van der Waals surface area contributed by atoms with Gasteiger partial charge in [0.2, 0.25) is 0 Å². The third-order valence-electron chi connectivity index (χ3n) is 8.33. The summed E-state index contributed by atoms with van der Waals surface area (Å²) in [4.78, 5) is 15.1. The summed E-state index contributed by atoms with van der Waals surface area (Å²) in [5.74, 6) is 2.15. The zero-order valence-electron chi connectivity index (χ0n) is 26.2. The maximum absolute atomic E-state index is 14.0. The van der Waals surface area contributed by atoms with Crippen LogP contribution in [-0.2, 0) is 11.3 Å². The standard InChI is InChI=1S/C37H37N3O4S/c1-24-13-14-25(2)27(19-24)21-39-22-35(29-9-6-7-11-32(29)39)45-23-36(41)40-33(30-10-8-12-34(43-4)37(30)44-5)20-31(38-40)26-15-17-28(42-3)18-16-26/h6-19,22,33H,20-21,23H2,1-5H3/t33-/m0/s1. The molecule has 0 spiro atoms. The Kier molecular flexibility index (Phi) is 8.85. The summed E-state index contributed by atoms with van der Waals surface area (Å²) in [5, 5.41) is 7.66. The van der Waals surface area contributed by atoms with Crippen LogP contribution in [0.1, 0.15) is 40.3 Å². The van der Waals surface area contributed by atoms with Gasteiger partial charge in [0.05, 0.1) is 38.8 Å². The molecule has 0 fully saturated rings. The first-order valence-electron chi connectivity index (χ1n) is 14.9. The number of ether oxygens (including phenoxy) is 3. The Labute approximate surface area is 268 Å². The maximum Gasteiger partial charge on any atom is 0.253 e. The minimum absolute atomic E-state index is 0.0789. The predicted octanol–water partition coefficient (Wildman–Crippen LogP) is 7.80. The van der Waals surface area contributed by atoms with Crippen LogP contribution < -0.4 is 14.2 Å². The number of hydrogen-bond donors (Lipinski definition) is 0. The van der Waals surface area contributed by atoms with Crippen LogP contribution in [0.2, 0.25) is 0 Å². The van der Waals surface area contributed by atoms with Gasteiger partial charge in [0.1, 0.15) is 5.75 Å². The van der Waals surface area contributed by atoms with Crippen molar-refractivity contribution in [3.05, 3.63) is 119 Å². The van der Waals surface area contributed by atoms with Crippen molar-refractivity contribution in [2.75, 3.05) is 27.1 Å². The number of rotatable bonds is 10. The summed E-state index contributed by atoms with van der Waals surface area (Å²) >= 11 is 1.55. The summed E-state index contributed by atoms with van der Waals surface area (Å²) < 4.78 is 19.0. The lowest BCUT2D eigenvalue weighted by atomic mass is 9.97. The second-order valence-electron chi connectivity index (χ2n) is 11.2. The zero-order chi connectivity index (χ0) is 31.5. The molecule has 0 unspecified atom stereocenters. The molecule has 1 aliphatic heterocycles. The fourth-order valence-electron chi connectivity index (χ4n) is 5.93. The molecule has 1 aromatic heterocycles. The first-order chi connectivity index (χ1) is 21.9. The average Bonchev–Trinajstić information content (AvgIpc) is 3.67. The van der Waals surface area contributed by atoms with E-state index >= 15 is 0 Å². The van der Waals surface area contributed by atoms with E-state index in [1.54, 1.807) is 38.1 Å². The molecule has 45 heavy (non-hydrogen) atoms. The number of carbonyl (C=O) groups is 1. The van der Waals surface area contributed by atoms with E-state index in [1.807, 2.05) is 48.5 Å². The number of para-hydroxylation sites is 2. The van der Waals surface area contributed by atoms with Crippen LogP contribution in [0.15, 0.2) is 101 Å². The van der Waals surface area contributed by atoms with Crippen molar-refractivity contribution in [1.82, 2.24) is 9.58 Å². The number of aryl methyl sites for hydroxylation is 2. The van der Waals surface area contributed by atoms with E-state index in [0.717, 1.165) is 44.9 Å². The van der Waals surface area contributed by atoms with Crippen LogP contribution >= 0.6 is 11.8 Å². The van der Waals surface area contributed by atoms with Gasteiger partial charge in [-0.25, -0.2) is 5.01 Å². The van der Waals surface area contributed by atoms with Gasteiger partial charge in [-0.05, 0) is 66.9 Å². The predicted molar refractivity (Wildman–Crippen MR) is 181 cm³/mol. The fraction of sp³-hybridized carbons (Fsp3) is 0.243. The van der Waals surface area contributed by atoms with Gasteiger partial charge in [-0.3, -0.25) is 4.79 Å². The Morgan fingerprint density at radius 2 is 1.71 bits per heavy atom. The number of hydrogen-bond acceptors (Lipinski definition) is 6. The maximum atomic E-state index is 14.0. The van der Waals surface area contributed by atoms with Crippen molar-refractivity contribution in [3.63, 3.8) is 0 Å². The lowest BCUT2D eigenvalue weighted by Crippen LogP contribution is -2.28. The van der Waals surface area contributed by atoms with E-state index in [1.165, 1.54) is 16.7 Å². The molecule has 4 aromatic carbocycles. The number of nitrogens with zero attached hydrogens (tertiary/aromatic N) is 3. The van der Waals surface area contributed by atoms with Crippen molar-refractivity contribution in [3.8, 4) is 17.2 Å². The molecular formula is C37H37N3O4S. The number of thioether (sulfide) groups is 1. The summed E-state index contributed by atoms with van der Waals surface area (Å²) in [5.41, 5.74) is 7.57. The van der Waals surface area contributed by atoms with Crippen LogP contribution in [-0.4, -0.2) is 48.3 Å². The molecule has 0 bridgehead atoms. The molecule has 8 heteroatoms. The Bertz CT molecular complexity index is 1880. The molecule has 0 saturated heterocycles. The van der Waals surface area contributed by atoms with Gasteiger partial charge in [-0.15, -0.1) is 11.8 Å². The smallest absolute Gasteiger partial charge is 0.253 e. The van der Waals surface area contributed by atoms with E-state index in [2.05, 4.69) is 61.0 Å². The number of amides is 1. The quantitative estimate of drug-likeness (QED) is 0.149. The van der Waals surface area contributed by atoms with Gasteiger partial charge >= 0.3 is 0 Å². The molecule has 1 aliphatic rings. The topological polar surface area (TPSA) is 65.3 Å². The molecule has 230 valence electrons. The van der Waals surface area contributed by atoms with Crippen molar-refractivity contribution < 1.29 is 19.0 Å². The molecule has 1 amide bonds. The number of aromatic nitrogens is 1. The second-order valence-corrected chi connectivity index (χ2v) is 12.2. The van der Waals surface area contributed by atoms with Gasteiger partial charge in [0.25, 0.3) is 5.91 Å². The molecule has 0 aliphatic carbocycles. The highest BCUT2D eigenvalue weighted by atomic mass is 32.2. The largest absolute Gasteiger partial charge is 0.497 e. The van der Waals surface area contributed by atoms with Crippen molar-refractivity contribution in [2.24, 2.45) is 5.10 Å². The van der Waals surface area contributed by atoms with E-state index in [0.29, 0.717) is 17.9 Å². The third-order valence-corrected chi connectivity index (χ3v) is 9.36. The number of hydrazone groups is 1. The average molecular weight is 620 g/mol. The van der Waals surface area contributed by atoms with Crippen LogP contribution in [0.3, 0.4) is 0 Å². The highest BCUT2D eigenvalue weighted by Crippen LogP contribution is 2.42. The number of fused-ring (bicyclic) bond motifs is 1. The van der Waals surface area contributed by atoms with Crippen LogP contribution in [0, 0.1) is 13.8 Å². The minimum Gasteiger partial charge on any atom is -0.497 e. The van der Waals surface area contributed by atoms with Gasteiger partial charge in [-0.1, -0.05) is 54.1 Å².